The van der Waals surface area contributed by atoms with Crippen LogP contribution in [-0.4, -0.2) is 40.0 Å². The number of amides is 1. The van der Waals surface area contributed by atoms with Gasteiger partial charge in [0.1, 0.15) is 0 Å². The van der Waals surface area contributed by atoms with Crippen LogP contribution in [0.15, 0.2) is 29.2 Å². The van der Waals surface area contributed by atoms with E-state index in [9.17, 15) is 18.0 Å². The van der Waals surface area contributed by atoms with Gasteiger partial charge in [-0.1, -0.05) is 19.1 Å². The third-order valence-electron chi connectivity index (χ3n) is 3.50. The number of benzene rings is 1. The number of aryl methyl sites for hydroxylation is 1. The molecule has 1 unspecified atom stereocenters. The second kappa shape index (κ2) is 9.39. The summed E-state index contributed by atoms with van der Waals surface area (Å²) in [6, 6.07) is 6.29. The average Bonchev–Trinajstić information content (AvgIpc) is 2.58. The highest BCUT2D eigenvalue weighted by Crippen LogP contribution is 2.11. The number of sulfonamides is 1. The van der Waals surface area contributed by atoms with E-state index in [1.54, 1.807) is 12.1 Å². The van der Waals surface area contributed by atoms with Crippen LogP contribution in [0.4, 0.5) is 0 Å². The molecule has 0 fully saturated rings. The minimum Gasteiger partial charge on any atom is -0.456 e. The molecule has 0 saturated carbocycles. The highest BCUT2D eigenvalue weighted by molar-refractivity contribution is 7.89. The van der Waals surface area contributed by atoms with Gasteiger partial charge in [-0.2, -0.15) is 0 Å². The van der Waals surface area contributed by atoms with Crippen molar-refractivity contribution in [3.63, 3.8) is 0 Å². The minimum atomic E-state index is -3.46. The van der Waals surface area contributed by atoms with Crippen LogP contribution in [0.25, 0.3) is 0 Å². The Morgan fingerprint density at radius 3 is 2.38 bits per heavy atom. The lowest BCUT2D eigenvalue weighted by Gasteiger charge is -2.11. The molecule has 1 rings (SSSR count). The molecule has 7 nitrogen and oxygen atoms in total. The smallest absolute Gasteiger partial charge is 0.306 e. The van der Waals surface area contributed by atoms with Gasteiger partial charge in [-0.25, -0.2) is 13.1 Å². The van der Waals surface area contributed by atoms with Crippen molar-refractivity contribution < 1.29 is 22.7 Å². The first-order chi connectivity index (χ1) is 11.3. The molecule has 2 N–H and O–H groups in total. The van der Waals surface area contributed by atoms with Crippen LogP contribution < -0.4 is 10.0 Å². The van der Waals surface area contributed by atoms with Crippen molar-refractivity contribution >= 4 is 21.9 Å². The third kappa shape index (κ3) is 6.67. The number of ether oxygens (including phenoxy) is 1. The van der Waals surface area contributed by atoms with Gasteiger partial charge in [0.15, 0.2) is 6.61 Å². The Balaban J connectivity index is 2.41. The number of rotatable bonds is 9. The lowest BCUT2D eigenvalue weighted by atomic mass is 10.1. The van der Waals surface area contributed by atoms with Gasteiger partial charge in [0, 0.05) is 12.5 Å². The molecule has 134 valence electrons. The molecule has 0 aliphatic rings. The van der Waals surface area contributed by atoms with E-state index in [2.05, 4.69) is 10.0 Å². The molecular formula is C16H24N2O5S. The van der Waals surface area contributed by atoms with Crippen LogP contribution in [0.5, 0.6) is 0 Å². The zero-order valence-electron chi connectivity index (χ0n) is 14.2. The Morgan fingerprint density at radius 2 is 1.83 bits per heavy atom. The fourth-order valence-corrected chi connectivity index (χ4v) is 2.57. The van der Waals surface area contributed by atoms with Gasteiger partial charge < -0.3 is 10.1 Å². The Labute approximate surface area is 142 Å². The predicted molar refractivity (Wildman–Crippen MR) is 89.9 cm³/mol. The summed E-state index contributed by atoms with van der Waals surface area (Å²) in [5.74, 6) is -0.791. The molecule has 8 heteroatoms. The van der Waals surface area contributed by atoms with Crippen molar-refractivity contribution in [2.75, 3.05) is 13.7 Å². The quantitative estimate of drug-likeness (QED) is 0.643. The van der Waals surface area contributed by atoms with Crippen LogP contribution in [-0.2, 0) is 30.8 Å². The van der Waals surface area contributed by atoms with Crippen LogP contribution >= 0.6 is 0 Å². The zero-order chi connectivity index (χ0) is 18.2. The van der Waals surface area contributed by atoms with E-state index >= 15 is 0 Å². The number of hydrogen-bond acceptors (Lipinski definition) is 5. The van der Waals surface area contributed by atoms with Gasteiger partial charge in [0.2, 0.25) is 10.0 Å². The van der Waals surface area contributed by atoms with Gasteiger partial charge in [-0.05, 0) is 44.5 Å². The molecule has 0 aliphatic carbocycles. The number of carbonyl (C=O) groups is 2. The van der Waals surface area contributed by atoms with Crippen molar-refractivity contribution in [2.45, 2.75) is 44.0 Å². The molecule has 1 amide bonds. The van der Waals surface area contributed by atoms with Crippen molar-refractivity contribution in [2.24, 2.45) is 0 Å². The summed E-state index contributed by atoms with van der Waals surface area (Å²) < 4.78 is 30.3. The number of nitrogens with one attached hydrogen (secondary N) is 2. The number of carbonyl (C=O) groups excluding carboxylic acids is 2. The first-order valence-electron chi connectivity index (χ1n) is 7.76. The molecule has 24 heavy (non-hydrogen) atoms. The largest absolute Gasteiger partial charge is 0.456 e. The lowest BCUT2D eigenvalue weighted by molar-refractivity contribution is -0.148. The number of esters is 1. The van der Waals surface area contributed by atoms with Gasteiger partial charge >= 0.3 is 5.97 Å². The molecule has 0 bridgehead atoms. The highest BCUT2D eigenvalue weighted by atomic mass is 32.2. The SMILES string of the molecule is CCC(C)NC(=O)COC(=O)CCc1ccc(S(=O)(=O)NC)cc1. The molecule has 1 aromatic carbocycles. The fraction of sp³-hybridized carbons (Fsp3) is 0.500. The Hall–Kier alpha value is -1.93. The molecule has 0 radical (unpaired) electrons. The van der Waals surface area contributed by atoms with E-state index in [0.29, 0.717) is 6.42 Å². The molecule has 0 saturated heterocycles. The molecule has 0 heterocycles. The predicted octanol–water partition coefficient (Wildman–Crippen LogP) is 0.985. The van der Waals surface area contributed by atoms with E-state index in [4.69, 9.17) is 4.74 Å². The standard InChI is InChI=1S/C16H24N2O5S/c1-4-12(2)18-15(19)11-23-16(20)10-7-13-5-8-14(9-6-13)24(21,22)17-3/h5-6,8-9,12,17H,4,7,10-11H2,1-3H3,(H,18,19). The number of hydrogen-bond donors (Lipinski definition) is 2. The molecule has 0 aliphatic heterocycles. The van der Waals surface area contributed by atoms with E-state index in [1.807, 2.05) is 13.8 Å². The Bertz CT molecular complexity index is 656. The summed E-state index contributed by atoms with van der Waals surface area (Å²) in [6.07, 6.45) is 1.33. The van der Waals surface area contributed by atoms with E-state index in [1.165, 1.54) is 19.2 Å². The minimum absolute atomic E-state index is 0.0450. The van der Waals surface area contributed by atoms with Gasteiger partial charge in [0.05, 0.1) is 4.90 Å². The van der Waals surface area contributed by atoms with Crippen molar-refractivity contribution in [3.05, 3.63) is 29.8 Å². The van der Waals surface area contributed by atoms with E-state index < -0.39 is 16.0 Å². The van der Waals surface area contributed by atoms with Crippen LogP contribution in [0.2, 0.25) is 0 Å². The lowest BCUT2D eigenvalue weighted by Crippen LogP contribution is -2.35. The monoisotopic (exact) mass is 356 g/mol. The molecule has 1 atom stereocenters. The average molecular weight is 356 g/mol. The highest BCUT2D eigenvalue weighted by Gasteiger charge is 2.12. The summed E-state index contributed by atoms with van der Waals surface area (Å²) in [6.45, 7) is 3.53. The van der Waals surface area contributed by atoms with Gasteiger partial charge in [-0.3, -0.25) is 9.59 Å². The maximum absolute atomic E-state index is 11.6. The van der Waals surface area contributed by atoms with Crippen LogP contribution in [0, 0.1) is 0 Å². The first kappa shape index (κ1) is 20.1. The molecule has 0 aromatic heterocycles. The maximum atomic E-state index is 11.6. The third-order valence-corrected chi connectivity index (χ3v) is 4.93. The maximum Gasteiger partial charge on any atom is 0.306 e. The first-order valence-corrected chi connectivity index (χ1v) is 9.24. The second-order valence-corrected chi connectivity index (χ2v) is 7.28. The summed E-state index contributed by atoms with van der Waals surface area (Å²) in [4.78, 5) is 23.3. The molecular weight excluding hydrogens is 332 g/mol. The van der Waals surface area contributed by atoms with Gasteiger partial charge in [0.25, 0.3) is 5.91 Å². The molecule has 0 spiro atoms. The molecule has 1 aromatic rings. The summed E-state index contributed by atoms with van der Waals surface area (Å²) in [7, 11) is -2.12. The Morgan fingerprint density at radius 1 is 1.21 bits per heavy atom. The second-order valence-electron chi connectivity index (χ2n) is 5.39. The normalized spacial score (nSPS) is 12.5. The topological polar surface area (TPSA) is 102 Å². The van der Waals surface area contributed by atoms with Gasteiger partial charge in [-0.15, -0.1) is 0 Å². The summed E-state index contributed by atoms with van der Waals surface area (Å²) in [5.41, 5.74) is 0.811. The van der Waals surface area contributed by atoms with Crippen molar-refractivity contribution in [1.29, 1.82) is 0 Å². The van der Waals surface area contributed by atoms with Crippen molar-refractivity contribution in [3.8, 4) is 0 Å². The fourth-order valence-electron chi connectivity index (χ4n) is 1.84. The summed E-state index contributed by atoms with van der Waals surface area (Å²) in [5, 5.41) is 2.71. The van der Waals surface area contributed by atoms with Crippen molar-refractivity contribution in [1.82, 2.24) is 10.0 Å². The van der Waals surface area contributed by atoms with Crippen LogP contribution in [0.3, 0.4) is 0 Å². The summed E-state index contributed by atoms with van der Waals surface area (Å²) >= 11 is 0. The van der Waals surface area contributed by atoms with E-state index in [0.717, 1.165) is 12.0 Å². The van der Waals surface area contributed by atoms with Crippen LogP contribution in [0.1, 0.15) is 32.3 Å². The Kier molecular flexibility index (Phi) is 7.87. The van der Waals surface area contributed by atoms with E-state index in [-0.39, 0.29) is 29.9 Å². The zero-order valence-corrected chi connectivity index (χ0v) is 15.0.